The minimum atomic E-state index is -0.417. The fourth-order valence-electron chi connectivity index (χ4n) is 4.86. The molecule has 0 fully saturated rings. The van der Waals surface area contributed by atoms with Gasteiger partial charge in [0.25, 0.3) is 0 Å². The second-order valence-electron chi connectivity index (χ2n) is 8.11. The minimum Gasteiger partial charge on any atom is -0.465 e. The van der Waals surface area contributed by atoms with Crippen molar-refractivity contribution in [2.75, 3.05) is 14.2 Å². The number of carbonyl (C=O) groups excluding carboxylic acids is 2. The number of benzene rings is 2. The van der Waals surface area contributed by atoms with Crippen LogP contribution in [0.15, 0.2) is 85.2 Å². The summed E-state index contributed by atoms with van der Waals surface area (Å²) in [6, 6.07) is 23.5. The Morgan fingerprint density at radius 3 is 1.44 bits per heavy atom. The van der Waals surface area contributed by atoms with Crippen molar-refractivity contribution in [2.24, 2.45) is 0 Å². The number of nitrogens with zero attached hydrogens (tertiary/aromatic N) is 2. The van der Waals surface area contributed by atoms with Gasteiger partial charge in [-0.1, -0.05) is 48.5 Å². The van der Waals surface area contributed by atoms with Crippen LogP contribution in [0.4, 0.5) is 0 Å². The van der Waals surface area contributed by atoms with Crippen molar-refractivity contribution in [3.05, 3.63) is 96.3 Å². The summed E-state index contributed by atoms with van der Waals surface area (Å²) < 4.78 is 14.2. The van der Waals surface area contributed by atoms with Crippen molar-refractivity contribution in [2.45, 2.75) is 0 Å². The molecule has 166 valence electrons. The first-order chi connectivity index (χ1) is 16.6. The van der Waals surface area contributed by atoms with Gasteiger partial charge >= 0.3 is 11.9 Å². The summed E-state index contributed by atoms with van der Waals surface area (Å²) in [5.74, 6) is -0.834. The van der Waals surface area contributed by atoms with Gasteiger partial charge in [0.1, 0.15) is 0 Å². The topological polar surface area (TPSA) is 61.4 Å². The summed E-state index contributed by atoms with van der Waals surface area (Å²) >= 11 is 0. The van der Waals surface area contributed by atoms with Crippen LogP contribution in [0.25, 0.3) is 44.0 Å². The zero-order valence-electron chi connectivity index (χ0n) is 18.6. The number of fused-ring (bicyclic) bond motifs is 6. The molecule has 0 bridgehead atoms. The highest BCUT2D eigenvalue weighted by atomic mass is 16.5. The lowest BCUT2D eigenvalue weighted by atomic mass is 10.1. The molecule has 0 radical (unpaired) electrons. The van der Waals surface area contributed by atoms with E-state index in [0.29, 0.717) is 11.1 Å². The highest BCUT2D eigenvalue weighted by molar-refractivity contribution is 6.11. The van der Waals surface area contributed by atoms with Crippen LogP contribution in [0, 0.1) is 0 Å². The van der Waals surface area contributed by atoms with Crippen LogP contribution in [-0.4, -0.2) is 35.0 Å². The standard InChI is InChI=1S/C28H20N2O4/c1-33-27(31)21-15-23(29-13-11-17-7-3-5-9-19(17)25(21)29)24-16-22(28(32)34-2)26-20-10-6-4-8-18(20)12-14-30(24)26/h3-16H,1-2H3. The highest BCUT2D eigenvalue weighted by Crippen LogP contribution is 2.36. The van der Waals surface area contributed by atoms with Gasteiger partial charge in [-0.05, 0) is 35.0 Å². The lowest BCUT2D eigenvalue weighted by molar-refractivity contribution is 0.0594. The third-order valence-corrected chi connectivity index (χ3v) is 6.38. The minimum absolute atomic E-state index is 0.417. The van der Waals surface area contributed by atoms with Crippen molar-refractivity contribution in [3.63, 3.8) is 0 Å². The van der Waals surface area contributed by atoms with E-state index in [0.717, 1.165) is 44.0 Å². The molecule has 2 aromatic carbocycles. The van der Waals surface area contributed by atoms with Gasteiger partial charge in [0, 0.05) is 23.2 Å². The summed E-state index contributed by atoms with van der Waals surface area (Å²) in [6.07, 6.45) is 3.88. The van der Waals surface area contributed by atoms with Gasteiger partial charge in [-0.25, -0.2) is 9.59 Å². The van der Waals surface area contributed by atoms with Gasteiger partial charge in [-0.3, -0.25) is 0 Å². The molecule has 0 aliphatic rings. The molecule has 0 amide bonds. The third-order valence-electron chi connectivity index (χ3n) is 6.38. The number of rotatable bonds is 3. The Morgan fingerprint density at radius 1 is 0.618 bits per heavy atom. The molecular formula is C28H20N2O4. The van der Waals surface area contributed by atoms with E-state index in [1.54, 1.807) is 0 Å². The number of ether oxygens (including phenoxy) is 2. The van der Waals surface area contributed by atoms with Gasteiger partial charge in [0.2, 0.25) is 0 Å². The average molecular weight is 448 g/mol. The first-order valence-electron chi connectivity index (χ1n) is 10.8. The Kier molecular flexibility index (Phi) is 4.42. The second-order valence-corrected chi connectivity index (χ2v) is 8.11. The van der Waals surface area contributed by atoms with Gasteiger partial charge in [-0.15, -0.1) is 0 Å². The Bertz CT molecular complexity index is 1640. The Balaban J connectivity index is 1.76. The SMILES string of the molecule is COC(=O)c1cc(-c2cc(C(=O)OC)c3c4ccccc4ccn23)n2ccc3ccccc3c12. The number of hydrogen-bond acceptors (Lipinski definition) is 4. The lowest BCUT2D eigenvalue weighted by Crippen LogP contribution is -2.00. The molecule has 0 spiro atoms. The van der Waals surface area contributed by atoms with Crippen LogP contribution < -0.4 is 0 Å². The number of carbonyl (C=O) groups is 2. The Morgan fingerprint density at radius 2 is 1.03 bits per heavy atom. The van der Waals surface area contributed by atoms with Gasteiger partial charge in [-0.2, -0.15) is 0 Å². The van der Waals surface area contributed by atoms with E-state index in [-0.39, 0.29) is 0 Å². The molecular weight excluding hydrogens is 428 g/mol. The number of esters is 2. The normalized spacial score (nSPS) is 11.5. The van der Waals surface area contributed by atoms with Crippen molar-refractivity contribution in [1.82, 2.24) is 8.80 Å². The van der Waals surface area contributed by atoms with E-state index in [1.807, 2.05) is 94.0 Å². The molecule has 0 N–H and O–H groups in total. The van der Waals surface area contributed by atoms with Crippen LogP contribution >= 0.6 is 0 Å². The number of aromatic nitrogens is 2. The molecule has 0 aliphatic heterocycles. The van der Waals surface area contributed by atoms with Crippen LogP contribution in [0.2, 0.25) is 0 Å². The third kappa shape index (κ3) is 2.75. The van der Waals surface area contributed by atoms with Gasteiger partial charge in [0.05, 0.1) is 47.8 Å². The molecule has 4 aromatic heterocycles. The summed E-state index contributed by atoms with van der Waals surface area (Å²) in [5.41, 5.74) is 3.98. The summed E-state index contributed by atoms with van der Waals surface area (Å²) in [7, 11) is 2.76. The van der Waals surface area contributed by atoms with E-state index in [1.165, 1.54) is 14.2 Å². The molecule has 0 saturated carbocycles. The molecule has 6 rings (SSSR count). The predicted molar refractivity (Wildman–Crippen MR) is 131 cm³/mol. The zero-order valence-corrected chi connectivity index (χ0v) is 18.6. The van der Waals surface area contributed by atoms with Crippen LogP contribution in [0.1, 0.15) is 20.7 Å². The average Bonchev–Trinajstić information content (AvgIpc) is 3.47. The molecule has 4 heterocycles. The molecule has 6 aromatic rings. The van der Waals surface area contributed by atoms with E-state index in [2.05, 4.69) is 0 Å². The summed E-state index contributed by atoms with van der Waals surface area (Å²) in [6.45, 7) is 0. The number of hydrogen-bond donors (Lipinski definition) is 0. The van der Waals surface area contributed by atoms with Crippen molar-refractivity contribution >= 4 is 44.5 Å². The Labute approximate surface area is 194 Å². The maximum Gasteiger partial charge on any atom is 0.340 e. The molecule has 34 heavy (non-hydrogen) atoms. The molecule has 0 aliphatic carbocycles. The zero-order chi connectivity index (χ0) is 23.4. The summed E-state index contributed by atoms with van der Waals surface area (Å²) in [5, 5.41) is 3.92. The fourth-order valence-corrected chi connectivity index (χ4v) is 4.86. The Hall–Kier alpha value is -4.58. The smallest absolute Gasteiger partial charge is 0.340 e. The van der Waals surface area contributed by atoms with Gasteiger partial charge in [0.15, 0.2) is 0 Å². The second kappa shape index (κ2) is 7.49. The van der Waals surface area contributed by atoms with Crippen LogP contribution in [-0.2, 0) is 9.47 Å². The largest absolute Gasteiger partial charge is 0.465 e. The maximum atomic E-state index is 12.8. The van der Waals surface area contributed by atoms with E-state index >= 15 is 0 Å². The van der Waals surface area contributed by atoms with E-state index in [4.69, 9.17) is 9.47 Å². The maximum absolute atomic E-state index is 12.8. The first kappa shape index (κ1) is 20.1. The van der Waals surface area contributed by atoms with Crippen molar-refractivity contribution in [3.8, 4) is 11.4 Å². The quantitative estimate of drug-likeness (QED) is 0.324. The van der Waals surface area contributed by atoms with Crippen LogP contribution in [0.5, 0.6) is 0 Å². The molecule has 0 atom stereocenters. The van der Waals surface area contributed by atoms with Crippen LogP contribution in [0.3, 0.4) is 0 Å². The fraction of sp³-hybridized carbons (Fsp3) is 0.0714. The number of methoxy groups -OCH3 is 2. The van der Waals surface area contributed by atoms with E-state index < -0.39 is 11.9 Å². The highest BCUT2D eigenvalue weighted by Gasteiger charge is 2.24. The monoisotopic (exact) mass is 448 g/mol. The van der Waals surface area contributed by atoms with Crippen molar-refractivity contribution < 1.29 is 19.1 Å². The van der Waals surface area contributed by atoms with Crippen molar-refractivity contribution in [1.29, 1.82) is 0 Å². The lowest BCUT2D eigenvalue weighted by Gasteiger charge is -2.08. The van der Waals surface area contributed by atoms with Gasteiger partial charge < -0.3 is 18.3 Å². The summed E-state index contributed by atoms with van der Waals surface area (Å²) in [4.78, 5) is 25.6. The molecule has 0 unspecified atom stereocenters. The molecule has 6 nitrogen and oxygen atoms in total. The number of pyridine rings is 2. The molecule has 0 saturated heterocycles. The predicted octanol–water partition coefficient (Wildman–Crippen LogP) is 5.74. The van der Waals surface area contributed by atoms with E-state index in [9.17, 15) is 9.59 Å². The molecule has 6 heteroatoms. The first-order valence-corrected chi connectivity index (χ1v) is 10.8.